The van der Waals surface area contributed by atoms with Crippen molar-refractivity contribution in [1.82, 2.24) is 10.3 Å². The summed E-state index contributed by atoms with van der Waals surface area (Å²) in [5.41, 5.74) is 10.0. The minimum atomic E-state index is -0.350. The molecule has 0 radical (unpaired) electrons. The molecular formula is C26H32N6O4. The number of hydrogen-bond donors (Lipinski definition) is 3. The fourth-order valence-corrected chi connectivity index (χ4v) is 4.68. The summed E-state index contributed by atoms with van der Waals surface area (Å²) >= 11 is 0. The molecule has 1 aliphatic carbocycles. The van der Waals surface area contributed by atoms with E-state index in [1.807, 2.05) is 6.07 Å². The molecule has 2 fully saturated rings. The SMILES string of the molecule is CN=Cc1cc(NC(=O)c2ccc(N3CCC(NC4CC4)CC3)c3oc(OC)nc23)c(OC)cc1N. The Morgan fingerprint density at radius 1 is 1.17 bits per heavy atom. The topological polar surface area (TPSA) is 127 Å². The van der Waals surface area contributed by atoms with Crippen molar-refractivity contribution in [2.75, 3.05) is 50.3 Å². The second-order valence-electron chi connectivity index (χ2n) is 9.22. The zero-order valence-corrected chi connectivity index (χ0v) is 20.8. The molecule has 0 unspecified atom stereocenters. The molecule has 0 atom stereocenters. The summed E-state index contributed by atoms with van der Waals surface area (Å²) in [7, 11) is 4.68. The van der Waals surface area contributed by atoms with Crippen LogP contribution < -0.4 is 30.7 Å². The van der Waals surface area contributed by atoms with E-state index in [4.69, 9.17) is 19.6 Å². The van der Waals surface area contributed by atoms with Crippen molar-refractivity contribution < 1.29 is 18.7 Å². The Balaban J connectivity index is 1.43. The Morgan fingerprint density at radius 2 is 1.92 bits per heavy atom. The number of hydrogen-bond acceptors (Lipinski definition) is 9. The molecule has 1 saturated carbocycles. The lowest BCUT2D eigenvalue weighted by Gasteiger charge is -2.34. The van der Waals surface area contributed by atoms with E-state index in [2.05, 4.69) is 25.5 Å². The van der Waals surface area contributed by atoms with Gasteiger partial charge in [0.05, 0.1) is 31.2 Å². The Hall–Kier alpha value is -3.79. The van der Waals surface area contributed by atoms with Crippen molar-refractivity contribution in [3.8, 4) is 11.8 Å². The Kier molecular flexibility index (Phi) is 6.69. The van der Waals surface area contributed by atoms with Crippen LogP contribution in [-0.4, -0.2) is 63.5 Å². The Labute approximate surface area is 209 Å². The van der Waals surface area contributed by atoms with E-state index >= 15 is 0 Å². The number of methoxy groups -OCH3 is 2. The Morgan fingerprint density at radius 3 is 2.58 bits per heavy atom. The second-order valence-corrected chi connectivity index (χ2v) is 9.22. The van der Waals surface area contributed by atoms with E-state index in [0.29, 0.717) is 51.4 Å². The number of nitrogens with zero attached hydrogens (tertiary/aromatic N) is 3. The first-order chi connectivity index (χ1) is 17.5. The first-order valence-corrected chi connectivity index (χ1v) is 12.2. The third kappa shape index (κ3) is 4.81. The summed E-state index contributed by atoms with van der Waals surface area (Å²) in [5.74, 6) is 0.0969. The second kappa shape index (κ2) is 10.1. The van der Waals surface area contributed by atoms with E-state index < -0.39 is 0 Å². The minimum Gasteiger partial charge on any atom is -0.494 e. The normalized spacial score (nSPS) is 16.6. The van der Waals surface area contributed by atoms with Gasteiger partial charge in [0.1, 0.15) is 11.3 Å². The van der Waals surface area contributed by atoms with Gasteiger partial charge in [0.2, 0.25) is 0 Å². The average molecular weight is 493 g/mol. The molecule has 0 bridgehead atoms. The third-order valence-electron chi connectivity index (χ3n) is 6.73. The van der Waals surface area contributed by atoms with Gasteiger partial charge >= 0.3 is 6.08 Å². The molecule has 10 heteroatoms. The summed E-state index contributed by atoms with van der Waals surface area (Å²) < 4.78 is 16.6. The van der Waals surface area contributed by atoms with Gasteiger partial charge in [-0.05, 0) is 43.9 Å². The number of nitrogens with one attached hydrogen (secondary N) is 2. The van der Waals surface area contributed by atoms with Gasteiger partial charge in [0, 0.05) is 55.8 Å². The number of piperidine rings is 1. The maximum absolute atomic E-state index is 13.4. The van der Waals surface area contributed by atoms with Crippen molar-refractivity contribution in [1.29, 1.82) is 0 Å². The number of nitrogen functional groups attached to an aromatic ring is 1. The van der Waals surface area contributed by atoms with Crippen LogP contribution in [0.1, 0.15) is 41.6 Å². The van der Waals surface area contributed by atoms with E-state index in [0.717, 1.165) is 31.6 Å². The summed E-state index contributed by atoms with van der Waals surface area (Å²) in [6.45, 7) is 1.80. The molecule has 3 aromatic rings. The molecular weight excluding hydrogens is 460 g/mol. The van der Waals surface area contributed by atoms with Gasteiger partial charge in [-0.25, -0.2) is 0 Å². The molecule has 2 aliphatic rings. The van der Waals surface area contributed by atoms with Crippen molar-refractivity contribution in [3.63, 3.8) is 0 Å². The molecule has 2 heterocycles. The number of rotatable bonds is 8. The van der Waals surface area contributed by atoms with Gasteiger partial charge < -0.3 is 35.2 Å². The first-order valence-electron chi connectivity index (χ1n) is 12.2. The molecule has 1 amide bonds. The number of anilines is 3. The average Bonchev–Trinajstić information content (AvgIpc) is 3.59. The van der Waals surface area contributed by atoms with Crippen LogP contribution in [0.15, 0.2) is 33.7 Å². The molecule has 1 saturated heterocycles. The van der Waals surface area contributed by atoms with Crippen LogP contribution >= 0.6 is 0 Å². The van der Waals surface area contributed by atoms with Crippen LogP contribution in [0.3, 0.4) is 0 Å². The number of carbonyl (C=O) groups excluding carboxylic acids is 1. The summed E-state index contributed by atoms with van der Waals surface area (Å²) in [4.78, 5) is 24.2. The minimum absolute atomic E-state index is 0.114. The standard InChI is InChI=1S/C26H32N6O4/c1-28-14-15-12-20(22(34-2)13-19(15)27)30-25(33)18-6-7-21(24-23(18)31-26(35-3)36-24)32-10-8-17(9-11-32)29-16-4-5-16/h6-7,12-14,16-17,29H,4-5,8-11,27H2,1-3H3,(H,30,33). The van der Waals surface area contributed by atoms with Crippen LogP contribution in [0.2, 0.25) is 0 Å². The number of oxazole rings is 1. The highest BCUT2D eigenvalue weighted by Gasteiger charge is 2.29. The summed E-state index contributed by atoms with van der Waals surface area (Å²) in [6.07, 6.45) is 6.44. The summed E-state index contributed by atoms with van der Waals surface area (Å²) in [6, 6.07) is 8.35. The largest absolute Gasteiger partial charge is 0.494 e. The molecule has 36 heavy (non-hydrogen) atoms. The number of amides is 1. The zero-order valence-electron chi connectivity index (χ0n) is 20.8. The van der Waals surface area contributed by atoms with Gasteiger partial charge in [0.15, 0.2) is 5.58 Å². The smallest absolute Gasteiger partial charge is 0.394 e. The van der Waals surface area contributed by atoms with Gasteiger partial charge in [-0.15, -0.1) is 0 Å². The molecule has 0 spiro atoms. The number of carbonyl (C=O) groups is 1. The lowest BCUT2D eigenvalue weighted by Crippen LogP contribution is -2.43. The van der Waals surface area contributed by atoms with Crippen LogP contribution in [-0.2, 0) is 0 Å². The highest BCUT2D eigenvalue weighted by Crippen LogP contribution is 2.36. The van der Waals surface area contributed by atoms with Crippen molar-refractivity contribution in [2.24, 2.45) is 4.99 Å². The molecule has 1 aromatic heterocycles. The number of nitrogens with two attached hydrogens (primary N) is 1. The van der Waals surface area contributed by atoms with Gasteiger partial charge in [-0.3, -0.25) is 9.79 Å². The Bertz CT molecular complexity index is 1290. The van der Waals surface area contributed by atoms with E-state index in [9.17, 15) is 4.79 Å². The number of aliphatic imine (C=N–C) groups is 1. The van der Waals surface area contributed by atoms with Gasteiger partial charge in [-0.2, -0.15) is 4.98 Å². The van der Waals surface area contributed by atoms with Gasteiger partial charge in [-0.1, -0.05) is 0 Å². The molecule has 10 nitrogen and oxygen atoms in total. The van der Waals surface area contributed by atoms with Crippen LogP contribution in [0, 0.1) is 0 Å². The lowest BCUT2D eigenvalue weighted by atomic mass is 10.0. The van der Waals surface area contributed by atoms with Crippen LogP contribution in [0.25, 0.3) is 11.1 Å². The van der Waals surface area contributed by atoms with E-state index in [1.54, 1.807) is 31.5 Å². The number of aromatic nitrogens is 1. The fraction of sp³-hybridized carbons (Fsp3) is 0.423. The lowest BCUT2D eigenvalue weighted by molar-refractivity contribution is 0.102. The highest BCUT2D eigenvalue weighted by molar-refractivity contribution is 6.13. The van der Waals surface area contributed by atoms with E-state index in [1.165, 1.54) is 27.1 Å². The maximum Gasteiger partial charge on any atom is 0.394 e. The monoisotopic (exact) mass is 492 g/mol. The summed E-state index contributed by atoms with van der Waals surface area (Å²) in [5, 5.41) is 6.65. The quantitative estimate of drug-likeness (QED) is 0.322. The fourth-order valence-electron chi connectivity index (χ4n) is 4.68. The first kappa shape index (κ1) is 23.9. The predicted octanol–water partition coefficient (Wildman–Crippen LogP) is 3.45. The van der Waals surface area contributed by atoms with E-state index in [-0.39, 0.29) is 12.0 Å². The van der Waals surface area contributed by atoms with Crippen molar-refractivity contribution in [3.05, 3.63) is 35.4 Å². The number of fused-ring (bicyclic) bond motifs is 1. The molecule has 1 aliphatic heterocycles. The van der Waals surface area contributed by atoms with Gasteiger partial charge in [0.25, 0.3) is 5.91 Å². The highest BCUT2D eigenvalue weighted by atomic mass is 16.6. The van der Waals surface area contributed by atoms with Crippen LogP contribution in [0.4, 0.5) is 17.1 Å². The van der Waals surface area contributed by atoms with Crippen molar-refractivity contribution in [2.45, 2.75) is 37.8 Å². The van der Waals surface area contributed by atoms with Crippen LogP contribution in [0.5, 0.6) is 11.8 Å². The number of ether oxygens (including phenoxy) is 2. The third-order valence-corrected chi connectivity index (χ3v) is 6.73. The van der Waals surface area contributed by atoms with Crippen molar-refractivity contribution >= 4 is 40.3 Å². The predicted molar refractivity (Wildman–Crippen MR) is 141 cm³/mol. The molecule has 2 aromatic carbocycles. The molecule has 5 rings (SSSR count). The molecule has 4 N–H and O–H groups in total. The zero-order chi connectivity index (χ0) is 25.2. The number of benzene rings is 2. The molecule has 190 valence electrons. The maximum atomic E-state index is 13.4.